The highest BCUT2D eigenvalue weighted by molar-refractivity contribution is 9.11. The second-order valence-corrected chi connectivity index (χ2v) is 10.2. The molecule has 3 aromatic carbocycles. The van der Waals surface area contributed by atoms with Crippen molar-refractivity contribution in [2.24, 2.45) is 0 Å². The minimum absolute atomic E-state index is 0.141. The monoisotopic (exact) mass is 446 g/mol. The van der Waals surface area contributed by atoms with E-state index in [0.717, 1.165) is 0 Å². The van der Waals surface area contributed by atoms with Crippen LogP contribution in [-0.2, 0) is 10.8 Å². The van der Waals surface area contributed by atoms with E-state index in [4.69, 9.17) is 0 Å². The van der Waals surface area contributed by atoms with E-state index in [0.29, 0.717) is 0 Å². The molecule has 0 N–H and O–H groups in total. The van der Waals surface area contributed by atoms with Crippen molar-refractivity contribution < 1.29 is 0 Å². The van der Waals surface area contributed by atoms with Crippen LogP contribution in [0, 0.1) is 0 Å². The molecule has 0 spiro atoms. The molecule has 0 aliphatic carbocycles. The Labute approximate surface area is 161 Å². The number of halogens is 2. The molecule has 0 bridgehead atoms. The molecule has 0 fully saturated rings. The second-order valence-electron chi connectivity index (χ2n) is 8.65. The Kier molecular flexibility index (Phi) is 4.37. The summed E-state index contributed by atoms with van der Waals surface area (Å²) in [6.45, 7) is 13.6. The molecule has 0 saturated heterocycles. The summed E-state index contributed by atoms with van der Waals surface area (Å²) < 4.78 is 2.37. The van der Waals surface area contributed by atoms with Gasteiger partial charge in [-0.15, -0.1) is 0 Å². The molecule has 126 valence electrons. The van der Waals surface area contributed by atoms with Crippen LogP contribution in [0.15, 0.2) is 45.3 Å². The van der Waals surface area contributed by atoms with E-state index in [2.05, 4.69) is 110 Å². The summed E-state index contributed by atoms with van der Waals surface area (Å²) in [6.07, 6.45) is 0. The molecular weight excluding hydrogens is 424 g/mol. The highest BCUT2D eigenvalue weighted by Gasteiger charge is 2.19. The predicted molar refractivity (Wildman–Crippen MR) is 114 cm³/mol. The van der Waals surface area contributed by atoms with Gasteiger partial charge in [-0.25, -0.2) is 0 Å². The lowest BCUT2D eigenvalue weighted by Gasteiger charge is -2.22. The first-order chi connectivity index (χ1) is 11.0. The van der Waals surface area contributed by atoms with E-state index >= 15 is 0 Å². The maximum absolute atomic E-state index is 3.90. The van der Waals surface area contributed by atoms with E-state index in [1.54, 1.807) is 0 Å². The van der Waals surface area contributed by atoms with Crippen molar-refractivity contribution in [3.05, 3.63) is 56.5 Å². The molecule has 0 radical (unpaired) electrons. The summed E-state index contributed by atoms with van der Waals surface area (Å²) in [7, 11) is 0. The van der Waals surface area contributed by atoms with Crippen molar-refractivity contribution in [3.63, 3.8) is 0 Å². The molecule has 2 heteroatoms. The van der Waals surface area contributed by atoms with Gasteiger partial charge in [0.15, 0.2) is 0 Å². The topological polar surface area (TPSA) is 0 Å². The number of hydrogen-bond acceptors (Lipinski definition) is 0. The van der Waals surface area contributed by atoms with Gasteiger partial charge in [0.25, 0.3) is 0 Å². The third kappa shape index (κ3) is 3.04. The Morgan fingerprint density at radius 1 is 0.542 bits per heavy atom. The first-order valence-corrected chi connectivity index (χ1v) is 9.94. The summed E-state index contributed by atoms with van der Waals surface area (Å²) in [5.74, 6) is 0. The van der Waals surface area contributed by atoms with Crippen molar-refractivity contribution in [2.75, 3.05) is 0 Å². The first-order valence-electron chi connectivity index (χ1n) is 8.35. The summed E-state index contributed by atoms with van der Waals surface area (Å²) in [6, 6.07) is 13.6. The van der Waals surface area contributed by atoms with Crippen molar-refractivity contribution in [1.29, 1.82) is 0 Å². The molecule has 0 aromatic heterocycles. The van der Waals surface area contributed by atoms with Gasteiger partial charge in [0.05, 0.1) is 0 Å². The summed E-state index contributed by atoms with van der Waals surface area (Å²) >= 11 is 7.74. The molecule has 0 amide bonds. The SMILES string of the molecule is CC(C)(C)c1ccc2c(Br)c3ccc(C(C)(C)C)cc3c(Br)c2c1. The molecule has 0 heterocycles. The minimum atomic E-state index is 0.141. The van der Waals surface area contributed by atoms with Crippen molar-refractivity contribution in [2.45, 2.75) is 52.4 Å². The van der Waals surface area contributed by atoms with Gasteiger partial charge in [-0.05, 0) is 87.5 Å². The quantitative estimate of drug-likeness (QED) is 0.305. The van der Waals surface area contributed by atoms with Gasteiger partial charge < -0.3 is 0 Å². The van der Waals surface area contributed by atoms with Crippen LogP contribution in [-0.4, -0.2) is 0 Å². The van der Waals surface area contributed by atoms with Crippen LogP contribution in [0.5, 0.6) is 0 Å². The van der Waals surface area contributed by atoms with Crippen molar-refractivity contribution in [1.82, 2.24) is 0 Å². The van der Waals surface area contributed by atoms with Crippen LogP contribution >= 0.6 is 31.9 Å². The highest BCUT2D eigenvalue weighted by atomic mass is 79.9. The van der Waals surface area contributed by atoms with Crippen molar-refractivity contribution >= 4 is 53.4 Å². The van der Waals surface area contributed by atoms with Gasteiger partial charge in [-0.2, -0.15) is 0 Å². The van der Waals surface area contributed by atoms with E-state index in [9.17, 15) is 0 Å². The molecule has 0 aliphatic rings. The largest absolute Gasteiger partial charge is 0.0578 e. The fourth-order valence-electron chi connectivity index (χ4n) is 3.06. The Balaban J connectivity index is 2.41. The van der Waals surface area contributed by atoms with Gasteiger partial charge in [0.1, 0.15) is 0 Å². The van der Waals surface area contributed by atoms with E-state index < -0.39 is 0 Å². The van der Waals surface area contributed by atoms with Crippen LogP contribution < -0.4 is 0 Å². The fraction of sp³-hybridized carbons (Fsp3) is 0.364. The highest BCUT2D eigenvalue weighted by Crippen LogP contribution is 2.42. The van der Waals surface area contributed by atoms with Crippen LogP contribution in [0.3, 0.4) is 0 Å². The van der Waals surface area contributed by atoms with Crippen LogP contribution in [0.1, 0.15) is 52.7 Å². The Bertz CT molecular complexity index is 863. The fourth-order valence-corrected chi connectivity index (χ4v) is 4.41. The lowest BCUT2D eigenvalue weighted by atomic mass is 9.84. The van der Waals surface area contributed by atoms with Gasteiger partial charge in [0.2, 0.25) is 0 Å². The molecule has 3 rings (SSSR count). The van der Waals surface area contributed by atoms with Crippen LogP contribution in [0.2, 0.25) is 0 Å². The molecule has 0 nitrogen and oxygen atoms in total. The zero-order valence-corrected chi connectivity index (χ0v) is 18.4. The third-order valence-corrected chi connectivity index (χ3v) is 6.43. The van der Waals surface area contributed by atoms with Gasteiger partial charge in [0, 0.05) is 8.95 Å². The molecular formula is C22H24Br2. The molecule has 0 atom stereocenters. The Morgan fingerprint density at radius 3 is 1.21 bits per heavy atom. The Hall–Kier alpha value is -0.860. The van der Waals surface area contributed by atoms with E-state index in [1.165, 1.54) is 41.6 Å². The first kappa shape index (κ1) is 17.9. The average molecular weight is 448 g/mol. The normalized spacial score (nSPS) is 13.0. The zero-order chi connectivity index (χ0) is 17.9. The number of benzene rings is 3. The molecule has 0 unspecified atom stereocenters. The zero-order valence-electron chi connectivity index (χ0n) is 15.2. The summed E-state index contributed by atoms with van der Waals surface area (Å²) in [5.41, 5.74) is 2.99. The minimum Gasteiger partial charge on any atom is -0.0578 e. The maximum atomic E-state index is 3.90. The molecule has 0 saturated carbocycles. The predicted octanol–water partition coefficient (Wildman–Crippen LogP) is 8.11. The summed E-state index contributed by atoms with van der Waals surface area (Å²) in [5, 5.41) is 5.05. The second kappa shape index (κ2) is 5.85. The van der Waals surface area contributed by atoms with Gasteiger partial charge in [-0.3, -0.25) is 0 Å². The number of hydrogen-bond donors (Lipinski definition) is 0. The lowest BCUT2D eigenvalue weighted by Crippen LogP contribution is -2.11. The standard InChI is InChI=1S/C22H24Br2/c1-21(2,3)13-7-9-15-17(11-13)20(24)18-12-14(22(4,5)6)8-10-16(18)19(15)23/h7-12H,1-6H3. The summed E-state index contributed by atoms with van der Waals surface area (Å²) in [4.78, 5) is 0. The van der Waals surface area contributed by atoms with Gasteiger partial charge >= 0.3 is 0 Å². The number of rotatable bonds is 0. The third-order valence-electron chi connectivity index (χ3n) is 4.72. The van der Waals surface area contributed by atoms with Gasteiger partial charge in [-0.1, -0.05) is 65.8 Å². The number of fused-ring (bicyclic) bond motifs is 2. The van der Waals surface area contributed by atoms with Crippen molar-refractivity contribution in [3.8, 4) is 0 Å². The average Bonchev–Trinajstić information content (AvgIpc) is 2.49. The lowest BCUT2D eigenvalue weighted by molar-refractivity contribution is 0.591. The van der Waals surface area contributed by atoms with Crippen LogP contribution in [0.25, 0.3) is 21.5 Å². The Morgan fingerprint density at radius 2 is 0.875 bits per heavy atom. The van der Waals surface area contributed by atoms with E-state index in [1.807, 2.05) is 0 Å². The molecule has 24 heavy (non-hydrogen) atoms. The maximum Gasteiger partial charge on any atom is 0.0333 e. The molecule has 3 aromatic rings. The van der Waals surface area contributed by atoms with Crippen LogP contribution in [0.4, 0.5) is 0 Å². The smallest absolute Gasteiger partial charge is 0.0333 e. The molecule has 0 aliphatic heterocycles. The van der Waals surface area contributed by atoms with E-state index in [-0.39, 0.29) is 10.8 Å².